The summed E-state index contributed by atoms with van der Waals surface area (Å²) in [5.74, 6) is -1.32. The molecule has 102 valence electrons. The first kappa shape index (κ1) is 13.7. The Bertz CT molecular complexity index is 638. The van der Waals surface area contributed by atoms with Gasteiger partial charge in [-0.15, -0.1) is 0 Å². The first-order valence-electron chi connectivity index (χ1n) is 5.90. The zero-order valence-corrected chi connectivity index (χ0v) is 10.7. The highest BCUT2D eigenvalue weighted by Crippen LogP contribution is 2.17. The van der Waals surface area contributed by atoms with E-state index in [1.165, 1.54) is 37.3 Å². The Morgan fingerprint density at radius 1 is 1.05 bits per heavy atom. The van der Waals surface area contributed by atoms with Crippen LogP contribution in [0.2, 0.25) is 0 Å². The topological polar surface area (TPSA) is 55.4 Å². The number of carbonyl (C=O) groups is 2. The number of esters is 1. The quantitative estimate of drug-likeness (QED) is 0.691. The lowest BCUT2D eigenvalue weighted by atomic mass is 10.2. The van der Waals surface area contributed by atoms with Gasteiger partial charge in [-0.05, 0) is 36.4 Å². The molecule has 1 amide bonds. The van der Waals surface area contributed by atoms with E-state index in [0.717, 1.165) is 0 Å². The fourth-order valence-corrected chi connectivity index (χ4v) is 1.60. The summed E-state index contributed by atoms with van der Waals surface area (Å²) < 4.78 is 18.5. The number of hydrogen-bond donors (Lipinski definition) is 1. The molecule has 0 aromatic heterocycles. The maximum absolute atomic E-state index is 13.4. The van der Waals surface area contributed by atoms with Crippen LogP contribution >= 0.6 is 0 Å². The smallest absolute Gasteiger partial charge is 0.346 e. The molecule has 20 heavy (non-hydrogen) atoms. The molecule has 4 nitrogen and oxygen atoms in total. The molecule has 0 aliphatic rings. The van der Waals surface area contributed by atoms with Gasteiger partial charge < -0.3 is 10.1 Å². The summed E-state index contributed by atoms with van der Waals surface area (Å²) in [4.78, 5) is 22.6. The van der Waals surface area contributed by atoms with Gasteiger partial charge in [-0.25, -0.2) is 9.18 Å². The maximum atomic E-state index is 13.4. The standard InChI is InChI=1S/C15H12FNO3/c1-10(18)17-11-6-8-12(9-7-11)20-15(19)13-4-2-3-5-14(13)16/h2-9H,1H3,(H,17,18). The predicted molar refractivity (Wildman–Crippen MR) is 72.1 cm³/mol. The summed E-state index contributed by atoms with van der Waals surface area (Å²) in [5.41, 5.74) is 0.460. The Kier molecular flexibility index (Phi) is 4.10. The largest absolute Gasteiger partial charge is 0.423 e. The number of hydrogen-bond acceptors (Lipinski definition) is 3. The van der Waals surface area contributed by atoms with Crippen LogP contribution in [0.4, 0.5) is 10.1 Å². The zero-order chi connectivity index (χ0) is 14.5. The normalized spacial score (nSPS) is 9.90. The van der Waals surface area contributed by atoms with E-state index in [-0.39, 0.29) is 17.2 Å². The van der Waals surface area contributed by atoms with Crippen LogP contribution in [0, 0.1) is 5.82 Å². The van der Waals surface area contributed by atoms with Crippen LogP contribution in [-0.2, 0) is 4.79 Å². The number of carbonyl (C=O) groups excluding carboxylic acids is 2. The van der Waals surface area contributed by atoms with Gasteiger partial charge in [-0.1, -0.05) is 12.1 Å². The lowest BCUT2D eigenvalue weighted by molar-refractivity contribution is -0.114. The molecule has 2 aromatic rings. The first-order chi connectivity index (χ1) is 9.56. The van der Waals surface area contributed by atoms with Crippen molar-refractivity contribution in [3.63, 3.8) is 0 Å². The highest BCUT2D eigenvalue weighted by molar-refractivity contribution is 5.91. The number of ether oxygens (including phenoxy) is 1. The number of nitrogens with one attached hydrogen (secondary N) is 1. The van der Waals surface area contributed by atoms with Crippen molar-refractivity contribution in [3.05, 3.63) is 59.9 Å². The van der Waals surface area contributed by atoms with Gasteiger partial charge in [0.2, 0.25) is 5.91 Å². The van der Waals surface area contributed by atoms with Crippen molar-refractivity contribution in [2.75, 3.05) is 5.32 Å². The predicted octanol–water partition coefficient (Wildman–Crippen LogP) is 3.00. The Hall–Kier alpha value is -2.69. The van der Waals surface area contributed by atoms with Gasteiger partial charge in [0.25, 0.3) is 0 Å². The fourth-order valence-electron chi connectivity index (χ4n) is 1.60. The fraction of sp³-hybridized carbons (Fsp3) is 0.0667. The lowest BCUT2D eigenvalue weighted by Crippen LogP contribution is -2.10. The zero-order valence-electron chi connectivity index (χ0n) is 10.7. The van der Waals surface area contributed by atoms with E-state index in [2.05, 4.69) is 5.32 Å². The second-order valence-electron chi connectivity index (χ2n) is 4.07. The molecule has 0 unspecified atom stereocenters. The van der Waals surface area contributed by atoms with E-state index >= 15 is 0 Å². The van der Waals surface area contributed by atoms with E-state index < -0.39 is 11.8 Å². The van der Waals surface area contributed by atoms with Crippen molar-refractivity contribution in [3.8, 4) is 5.75 Å². The summed E-state index contributed by atoms with van der Waals surface area (Å²) in [6, 6.07) is 11.8. The van der Waals surface area contributed by atoms with Gasteiger partial charge in [-0.3, -0.25) is 4.79 Å². The van der Waals surface area contributed by atoms with Crippen LogP contribution in [-0.4, -0.2) is 11.9 Å². The number of halogens is 1. The second-order valence-corrected chi connectivity index (χ2v) is 4.07. The van der Waals surface area contributed by atoms with Gasteiger partial charge in [0.1, 0.15) is 11.6 Å². The van der Waals surface area contributed by atoms with Crippen LogP contribution in [0.5, 0.6) is 5.75 Å². The number of rotatable bonds is 3. The third-order valence-electron chi connectivity index (χ3n) is 2.48. The molecule has 2 rings (SSSR count). The molecule has 0 fully saturated rings. The van der Waals surface area contributed by atoms with E-state index in [1.807, 2.05) is 0 Å². The Morgan fingerprint density at radius 2 is 1.70 bits per heavy atom. The number of anilines is 1. The van der Waals surface area contributed by atoms with Crippen molar-refractivity contribution in [1.82, 2.24) is 0 Å². The van der Waals surface area contributed by atoms with Crippen LogP contribution < -0.4 is 10.1 Å². The minimum atomic E-state index is -0.768. The molecule has 0 heterocycles. The minimum Gasteiger partial charge on any atom is -0.423 e. The van der Waals surface area contributed by atoms with Crippen LogP contribution in [0.1, 0.15) is 17.3 Å². The van der Waals surface area contributed by atoms with E-state index in [1.54, 1.807) is 18.2 Å². The molecule has 0 saturated heterocycles. The molecular weight excluding hydrogens is 261 g/mol. The number of amides is 1. The van der Waals surface area contributed by atoms with Crippen molar-refractivity contribution < 1.29 is 18.7 Å². The number of benzene rings is 2. The summed E-state index contributed by atoms with van der Waals surface area (Å²) in [6.45, 7) is 1.39. The SMILES string of the molecule is CC(=O)Nc1ccc(OC(=O)c2ccccc2F)cc1. The third kappa shape index (κ3) is 3.41. The van der Waals surface area contributed by atoms with Crippen LogP contribution in [0.3, 0.4) is 0 Å². The average Bonchev–Trinajstić information content (AvgIpc) is 2.41. The maximum Gasteiger partial charge on any atom is 0.346 e. The van der Waals surface area contributed by atoms with Gasteiger partial charge in [0.05, 0.1) is 5.56 Å². The van der Waals surface area contributed by atoms with Crippen molar-refractivity contribution in [2.24, 2.45) is 0 Å². The molecular formula is C15H12FNO3. The Labute approximate surface area is 115 Å². The van der Waals surface area contributed by atoms with Gasteiger partial charge in [0.15, 0.2) is 0 Å². The van der Waals surface area contributed by atoms with Crippen molar-refractivity contribution in [1.29, 1.82) is 0 Å². The van der Waals surface area contributed by atoms with E-state index in [0.29, 0.717) is 5.69 Å². The van der Waals surface area contributed by atoms with Crippen LogP contribution in [0.15, 0.2) is 48.5 Å². The van der Waals surface area contributed by atoms with Crippen molar-refractivity contribution >= 4 is 17.6 Å². The van der Waals surface area contributed by atoms with Gasteiger partial charge in [0, 0.05) is 12.6 Å². The summed E-state index contributed by atoms with van der Waals surface area (Å²) in [7, 11) is 0. The highest BCUT2D eigenvalue weighted by Gasteiger charge is 2.13. The summed E-state index contributed by atoms with van der Waals surface area (Å²) in [6.07, 6.45) is 0. The van der Waals surface area contributed by atoms with Gasteiger partial charge in [-0.2, -0.15) is 0 Å². The molecule has 0 atom stereocenters. The highest BCUT2D eigenvalue weighted by atomic mass is 19.1. The molecule has 0 aliphatic heterocycles. The molecule has 0 aliphatic carbocycles. The monoisotopic (exact) mass is 273 g/mol. The molecule has 0 spiro atoms. The molecule has 1 N–H and O–H groups in total. The summed E-state index contributed by atoms with van der Waals surface area (Å²) in [5, 5.41) is 2.59. The Morgan fingerprint density at radius 3 is 2.30 bits per heavy atom. The molecule has 0 saturated carbocycles. The second kappa shape index (κ2) is 5.97. The van der Waals surface area contributed by atoms with E-state index in [4.69, 9.17) is 4.74 Å². The first-order valence-corrected chi connectivity index (χ1v) is 5.90. The molecule has 2 aromatic carbocycles. The Balaban J connectivity index is 2.09. The molecule has 0 radical (unpaired) electrons. The van der Waals surface area contributed by atoms with Gasteiger partial charge >= 0.3 is 5.97 Å². The lowest BCUT2D eigenvalue weighted by Gasteiger charge is -2.06. The third-order valence-corrected chi connectivity index (χ3v) is 2.48. The minimum absolute atomic E-state index is 0.126. The molecule has 0 bridgehead atoms. The van der Waals surface area contributed by atoms with E-state index in [9.17, 15) is 14.0 Å². The molecule has 5 heteroatoms. The van der Waals surface area contributed by atoms with Crippen molar-refractivity contribution in [2.45, 2.75) is 6.92 Å². The van der Waals surface area contributed by atoms with Crippen LogP contribution in [0.25, 0.3) is 0 Å². The average molecular weight is 273 g/mol. The summed E-state index contributed by atoms with van der Waals surface area (Å²) >= 11 is 0.